The second kappa shape index (κ2) is 20.3. The van der Waals surface area contributed by atoms with Crippen molar-refractivity contribution >= 4 is 54.5 Å². The summed E-state index contributed by atoms with van der Waals surface area (Å²) >= 11 is 11.7. The highest BCUT2D eigenvalue weighted by atomic mass is 35.5. The van der Waals surface area contributed by atoms with Crippen molar-refractivity contribution in [1.82, 2.24) is 18.8 Å². The van der Waals surface area contributed by atoms with E-state index in [9.17, 15) is 38.2 Å². The predicted molar refractivity (Wildman–Crippen MR) is 227 cm³/mol. The van der Waals surface area contributed by atoms with Crippen LogP contribution in [0.3, 0.4) is 0 Å². The molecule has 0 aliphatic carbocycles. The standard InChI is InChI=1S/C23H26ClFN2O4Si.C20H18ClFN2O4/c1-32(2,3)10-9-31-23(30)18-12-17(7-8-28)21-26-13-15(14-27(21)22(18)29)11-16-5-4-6-19(24)20(16)25;1-2-28-20(27)15-9-14(6-7-25)18-23-10-12(11-24(18)19(15)26)8-13-4-3-5-16(21)17(13)22/h4-6,12-14,28H,7-11H2,1-3H3;3-5,9-11,25H,2,6-8H2,1H3. The molecule has 4 aromatic heterocycles. The molecule has 2 N–H and O–H groups in total. The second-order valence-corrected chi connectivity index (χ2v) is 21.4. The summed E-state index contributed by atoms with van der Waals surface area (Å²) in [7, 11) is -1.40. The van der Waals surface area contributed by atoms with Crippen LogP contribution in [0.5, 0.6) is 0 Å². The number of carbonyl (C=O) groups excluding carboxylic acids is 2. The Morgan fingerprint density at radius 2 is 1.15 bits per heavy atom. The van der Waals surface area contributed by atoms with E-state index in [0.29, 0.717) is 44.7 Å². The number of aromatic nitrogens is 4. The Kier molecular flexibility index (Phi) is 15.5. The maximum atomic E-state index is 14.3. The first-order chi connectivity index (χ1) is 28.6. The first-order valence-electron chi connectivity index (χ1n) is 19.0. The Bertz CT molecular complexity index is 2670. The average molecular weight is 882 g/mol. The summed E-state index contributed by atoms with van der Waals surface area (Å²) in [6.45, 7) is 8.18. The quantitative estimate of drug-likeness (QED) is 0.0871. The number of carbonyl (C=O) groups is 2. The fourth-order valence-corrected chi connectivity index (χ4v) is 7.31. The van der Waals surface area contributed by atoms with Crippen LogP contribution in [-0.4, -0.2) is 75.4 Å². The van der Waals surface area contributed by atoms with Crippen LogP contribution < -0.4 is 11.1 Å². The molecule has 0 saturated heterocycles. The molecule has 6 rings (SSSR count). The Labute approximate surface area is 355 Å². The summed E-state index contributed by atoms with van der Waals surface area (Å²) in [5.41, 5.74) is 2.17. The summed E-state index contributed by atoms with van der Waals surface area (Å²) in [5.74, 6) is -2.50. The minimum absolute atomic E-state index is 0.0123. The van der Waals surface area contributed by atoms with Gasteiger partial charge in [-0.05, 0) is 83.5 Å². The maximum absolute atomic E-state index is 14.3. The minimum Gasteiger partial charge on any atom is -0.462 e. The van der Waals surface area contributed by atoms with Gasteiger partial charge in [0.25, 0.3) is 11.1 Å². The number of rotatable bonds is 14. The number of pyridine rings is 2. The smallest absolute Gasteiger partial charge is 0.343 e. The molecule has 6 aromatic rings. The average Bonchev–Trinajstić information content (AvgIpc) is 3.20. The fourth-order valence-electron chi connectivity index (χ4n) is 6.21. The number of nitrogens with zero attached hydrogens (tertiary/aromatic N) is 4. The number of esters is 2. The van der Waals surface area contributed by atoms with E-state index in [-0.39, 0.29) is 73.3 Å². The molecule has 0 saturated carbocycles. The van der Waals surface area contributed by atoms with Gasteiger partial charge in [-0.1, -0.05) is 67.1 Å². The molecule has 0 atom stereocenters. The number of aliphatic hydroxyl groups excluding tert-OH is 2. The molecule has 0 unspecified atom stereocenters. The van der Waals surface area contributed by atoms with E-state index < -0.39 is 42.8 Å². The lowest BCUT2D eigenvalue weighted by atomic mass is 10.1. The van der Waals surface area contributed by atoms with E-state index in [1.54, 1.807) is 37.4 Å². The summed E-state index contributed by atoms with van der Waals surface area (Å²) in [6, 6.07) is 13.0. The van der Waals surface area contributed by atoms with E-state index in [1.807, 2.05) is 0 Å². The monoisotopic (exact) mass is 880 g/mol. The SMILES string of the molecule is CCOC(=O)c1cc(CCO)c2ncc(Cc3cccc(Cl)c3F)cn2c1=O.C[Si](C)(C)CCOC(=O)c1cc(CCO)c2ncc(Cc3cccc(Cl)c3F)cn2c1=O. The van der Waals surface area contributed by atoms with Crippen molar-refractivity contribution in [3.8, 4) is 0 Å². The van der Waals surface area contributed by atoms with Crippen LogP contribution in [0.2, 0.25) is 35.7 Å². The predicted octanol–water partition coefficient (Wildman–Crippen LogP) is 6.90. The lowest BCUT2D eigenvalue weighted by Gasteiger charge is -2.15. The van der Waals surface area contributed by atoms with Crippen LogP contribution in [0, 0.1) is 11.6 Å². The molecule has 0 amide bonds. The third kappa shape index (κ3) is 11.1. The summed E-state index contributed by atoms with van der Waals surface area (Å²) in [6.07, 6.45) is 6.88. The molecule has 12 nitrogen and oxygen atoms in total. The lowest BCUT2D eigenvalue weighted by molar-refractivity contribution is 0.0513. The van der Waals surface area contributed by atoms with Crippen LogP contribution in [0.15, 0.2) is 82.9 Å². The normalized spacial score (nSPS) is 11.4. The zero-order valence-electron chi connectivity index (χ0n) is 33.4. The van der Waals surface area contributed by atoms with Crippen LogP contribution in [0.25, 0.3) is 11.3 Å². The van der Waals surface area contributed by atoms with Crippen LogP contribution in [0.4, 0.5) is 8.78 Å². The van der Waals surface area contributed by atoms with Crippen molar-refractivity contribution in [3.63, 3.8) is 0 Å². The highest BCUT2D eigenvalue weighted by Crippen LogP contribution is 2.23. The first kappa shape index (κ1) is 45.8. The van der Waals surface area contributed by atoms with Gasteiger partial charge in [-0.3, -0.25) is 18.4 Å². The van der Waals surface area contributed by atoms with Gasteiger partial charge in [0.05, 0.1) is 23.3 Å². The number of aliphatic hydroxyl groups is 2. The molecule has 2 aromatic carbocycles. The van der Waals surface area contributed by atoms with Crippen molar-refractivity contribution in [2.24, 2.45) is 0 Å². The lowest BCUT2D eigenvalue weighted by Crippen LogP contribution is -2.27. The third-order valence-corrected chi connectivity index (χ3v) is 11.6. The van der Waals surface area contributed by atoms with Crippen molar-refractivity contribution in [1.29, 1.82) is 0 Å². The molecular weight excluding hydrogens is 837 g/mol. The van der Waals surface area contributed by atoms with Crippen molar-refractivity contribution < 1.29 is 38.1 Å². The molecule has 17 heteroatoms. The number of ether oxygens (including phenoxy) is 2. The Balaban J connectivity index is 0.000000230. The molecule has 0 radical (unpaired) electrons. The van der Waals surface area contributed by atoms with E-state index in [4.69, 9.17) is 32.7 Å². The Morgan fingerprint density at radius 1 is 0.717 bits per heavy atom. The molecule has 0 spiro atoms. The largest absolute Gasteiger partial charge is 0.462 e. The zero-order valence-corrected chi connectivity index (χ0v) is 35.9. The van der Waals surface area contributed by atoms with Crippen molar-refractivity contribution in [2.75, 3.05) is 26.4 Å². The molecular formula is C43H44Cl2F2N4O8Si. The molecule has 60 heavy (non-hydrogen) atoms. The molecule has 0 aliphatic rings. The van der Waals surface area contributed by atoms with Gasteiger partial charge in [0.1, 0.15) is 34.1 Å². The summed E-state index contributed by atoms with van der Waals surface area (Å²) in [5, 5.41) is 18.8. The Hall–Kier alpha value is -5.32. The fraction of sp³-hybridized carbons (Fsp3) is 0.302. The first-order valence-corrected chi connectivity index (χ1v) is 23.5. The van der Waals surface area contributed by atoms with E-state index in [1.165, 1.54) is 51.7 Å². The van der Waals surface area contributed by atoms with Gasteiger partial charge in [-0.15, -0.1) is 0 Å². The van der Waals surface area contributed by atoms with Crippen LogP contribution in [0.1, 0.15) is 61.0 Å². The molecule has 316 valence electrons. The number of hydrogen-bond acceptors (Lipinski definition) is 10. The summed E-state index contributed by atoms with van der Waals surface area (Å²) in [4.78, 5) is 59.3. The van der Waals surface area contributed by atoms with Gasteiger partial charge in [0, 0.05) is 58.9 Å². The van der Waals surface area contributed by atoms with Crippen LogP contribution >= 0.6 is 23.2 Å². The topological polar surface area (TPSA) is 162 Å². The molecule has 4 heterocycles. The zero-order chi connectivity index (χ0) is 43.7. The van der Waals surface area contributed by atoms with Crippen molar-refractivity contribution in [3.05, 3.63) is 160 Å². The van der Waals surface area contributed by atoms with Crippen LogP contribution in [-0.2, 0) is 35.2 Å². The van der Waals surface area contributed by atoms with E-state index in [0.717, 1.165) is 6.04 Å². The number of hydrogen-bond donors (Lipinski definition) is 2. The van der Waals surface area contributed by atoms with E-state index >= 15 is 0 Å². The number of fused-ring (bicyclic) bond motifs is 2. The van der Waals surface area contributed by atoms with Crippen molar-refractivity contribution in [2.45, 2.75) is 58.3 Å². The maximum Gasteiger partial charge on any atom is 0.343 e. The highest BCUT2D eigenvalue weighted by Gasteiger charge is 2.21. The molecule has 0 aliphatic heterocycles. The van der Waals surface area contributed by atoms with Gasteiger partial charge >= 0.3 is 11.9 Å². The van der Waals surface area contributed by atoms with E-state index in [2.05, 4.69) is 29.6 Å². The van der Waals surface area contributed by atoms with Gasteiger partial charge in [-0.25, -0.2) is 28.3 Å². The van der Waals surface area contributed by atoms with Gasteiger partial charge in [-0.2, -0.15) is 0 Å². The minimum atomic E-state index is -1.40. The molecule has 0 bridgehead atoms. The third-order valence-electron chi connectivity index (χ3n) is 9.28. The van der Waals surface area contributed by atoms with Gasteiger partial charge in [0.15, 0.2) is 0 Å². The van der Waals surface area contributed by atoms with Gasteiger partial charge < -0.3 is 19.7 Å². The number of benzene rings is 2. The highest BCUT2D eigenvalue weighted by molar-refractivity contribution is 6.76. The second-order valence-electron chi connectivity index (χ2n) is 15.0. The van der Waals surface area contributed by atoms with Gasteiger partial charge in [0.2, 0.25) is 0 Å². The summed E-state index contributed by atoms with van der Waals surface area (Å²) < 4.78 is 41.3. The molecule has 0 fully saturated rings. The number of halogens is 4. The Morgan fingerprint density at radius 3 is 1.55 bits per heavy atom.